The molecule has 0 atom stereocenters. The maximum absolute atomic E-state index is 6.50. The van der Waals surface area contributed by atoms with E-state index >= 15 is 0 Å². The van der Waals surface area contributed by atoms with Gasteiger partial charge in [0, 0.05) is 35.0 Å². The van der Waals surface area contributed by atoms with Gasteiger partial charge in [-0.1, -0.05) is 18.2 Å². The number of rotatable bonds is 4. The van der Waals surface area contributed by atoms with Crippen molar-refractivity contribution in [2.45, 2.75) is 38.0 Å². The second-order valence-corrected chi connectivity index (χ2v) is 9.47. The zero-order valence-electron chi connectivity index (χ0n) is 17.8. The van der Waals surface area contributed by atoms with Gasteiger partial charge < -0.3 is 5.73 Å². The molecular formula is C23H22BrN9. The number of hydrogen-bond donors (Lipinski definition) is 2. The van der Waals surface area contributed by atoms with Crippen LogP contribution in [-0.2, 0) is 6.42 Å². The van der Waals surface area contributed by atoms with Gasteiger partial charge >= 0.3 is 0 Å². The minimum Gasteiger partial charge on any atom is -0.383 e. The standard InChI is InChI=1S/C23H22BrN9/c24-20-21(14-7-5-13(6-8-14)9-19-29-31-32-30-19)28-23-17(12-27-33(23)22(20)25)16-10-15-3-1-2-4-18(15)26-11-16/h1-4,10-14H,5-9,25H2,(H,29,30,31,32)/t13-,14-. The molecule has 0 aliphatic heterocycles. The second kappa shape index (κ2) is 8.18. The summed E-state index contributed by atoms with van der Waals surface area (Å²) in [6.07, 6.45) is 8.89. The summed E-state index contributed by atoms with van der Waals surface area (Å²) in [6.45, 7) is 0. The van der Waals surface area contributed by atoms with Crippen molar-refractivity contribution in [2.75, 3.05) is 5.73 Å². The Morgan fingerprint density at radius 2 is 1.97 bits per heavy atom. The summed E-state index contributed by atoms with van der Waals surface area (Å²) in [5.74, 6) is 2.35. The lowest BCUT2D eigenvalue weighted by atomic mass is 9.79. The van der Waals surface area contributed by atoms with Crippen molar-refractivity contribution in [2.24, 2.45) is 5.92 Å². The highest BCUT2D eigenvalue weighted by Gasteiger charge is 2.28. The first-order valence-electron chi connectivity index (χ1n) is 11.1. The third kappa shape index (κ3) is 3.64. The lowest BCUT2D eigenvalue weighted by Crippen LogP contribution is -2.18. The smallest absolute Gasteiger partial charge is 0.165 e. The summed E-state index contributed by atoms with van der Waals surface area (Å²) in [5, 5.41) is 19.9. The Bertz CT molecular complexity index is 1440. The van der Waals surface area contributed by atoms with Crippen LogP contribution in [0.15, 0.2) is 47.2 Å². The predicted octanol–water partition coefficient (Wildman–Crippen LogP) is 4.32. The van der Waals surface area contributed by atoms with Crippen LogP contribution >= 0.6 is 15.9 Å². The van der Waals surface area contributed by atoms with E-state index in [4.69, 9.17) is 10.7 Å². The fourth-order valence-electron chi connectivity index (χ4n) is 4.88. The van der Waals surface area contributed by atoms with Crippen LogP contribution < -0.4 is 5.73 Å². The molecular weight excluding hydrogens is 482 g/mol. The molecule has 0 unspecified atom stereocenters. The molecule has 0 spiro atoms. The van der Waals surface area contributed by atoms with Crippen molar-refractivity contribution in [3.8, 4) is 11.1 Å². The first-order valence-corrected chi connectivity index (χ1v) is 11.9. The number of anilines is 1. The molecule has 1 aliphatic rings. The molecule has 0 amide bonds. The molecule has 1 aliphatic carbocycles. The largest absolute Gasteiger partial charge is 0.383 e. The summed E-state index contributed by atoms with van der Waals surface area (Å²) < 4.78 is 2.55. The average Bonchev–Trinajstić information content (AvgIpc) is 3.52. The lowest BCUT2D eigenvalue weighted by molar-refractivity contribution is 0.317. The first kappa shape index (κ1) is 20.2. The Morgan fingerprint density at radius 1 is 1.12 bits per heavy atom. The fraction of sp³-hybridized carbons (Fsp3) is 0.304. The zero-order chi connectivity index (χ0) is 22.4. The van der Waals surface area contributed by atoms with Gasteiger partial charge in [-0.2, -0.15) is 9.61 Å². The zero-order valence-corrected chi connectivity index (χ0v) is 19.4. The number of para-hydroxylation sites is 1. The van der Waals surface area contributed by atoms with Gasteiger partial charge in [-0.05, 0) is 70.1 Å². The number of nitrogens with two attached hydrogens (primary N) is 1. The summed E-state index contributed by atoms with van der Waals surface area (Å²) in [6, 6.07) is 10.2. The molecule has 166 valence electrons. The monoisotopic (exact) mass is 503 g/mol. The van der Waals surface area contributed by atoms with Gasteiger partial charge in [0.05, 0.1) is 21.9 Å². The number of hydrogen-bond acceptors (Lipinski definition) is 7. The predicted molar refractivity (Wildman–Crippen MR) is 128 cm³/mol. The summed E-state index contributed by atoms with van der Waals surface area (Å²) in [4.78, 5) is 9.70. The molecule has 1 saturated carbocycles. The number of halogens is 1. The van der Waals surface area contributed by atoms with Crippen molar-refractivity contribution in [1.82, 2.24) is 40.2 Å². The van der Waals surface area contributed by atoms with Gasteiger partial charge in [-0.25, -0.2) is 10.1 Å². The lowest BCUT2D eigenvalue weighted by Gasteiger charge is -2.28. The van der Waals surface area contributed by atoms with Crippen LogP contribution in [0.25, 0.3) is 27.7 Å². The van der Waals surface area contributed by atoms with E-state index in [-0.39, 0.29) is 0 Å². The molecule has 5 aromatic rings. The van der Waals surface area contributed by atoms with E-state index in [1.807, 2.05) is 30.6 Å². The highest BCUT2D eigenvalue weighted by Crippen LogP contribution is 2.41. The molecule has 3 N–H and O–H groups in total. The molecule has 4 aromatic heterocycles. The van der Waals surface area contributed by atoms with Crippen LogP contribution in [0, 0.1) is 5.92 Å². The van der Waals surface area contributed by atoms with Crippen molar-refractivity contribution in [3.63, 3.8) is 0 Å². The van der Waals surface area contributed by atoms with Crippen LogP contribution in [0.3, 0.4) is 0 Å². The highest BCUT2D eigenvalue weighted by atomic mass is 79.9. The third-order valence-corrected chi connectivity index (χ3v) is 7.47. The van der Waals surface area contributed by atoms with Gasteiger partial charge in [0.2, 0.25) is 0 Å². The van der Waals surface area contributed by atoms with Gasteiger partial charge in [0.1, 0.15) is 11.6 Å². The molecule has 0 radical (unpaired) electrons. The second-order valence-electron chi connectivity index (χ2n) is 8.68. The van der Waals surface area contributed by atoms with E-state index in [0.717, 1.165) is 75.8 Å². The number of aromatic amines is 1. The molecule has 4 heterocycles. The number of nitrogens with one attached hydrogen (secondary N) is 1. The third-order valence-electron chi connectivity index (χ3n) is 6.65. The number of pyridine rings is 1. The summed E-state index contributed by atoms with van der Waals surface area (Å²) >= 11 is 3.71. The van der Waals surface area contributed by atoms with Gasteiger partial charge in [0.15, 0.2) is 5.65 Å². The Hall–Kier alpha value is -3.40. The van der Waals surface area contributed by atoms with E-state index < -0.39 is 0 Å². The Labute approximate surface area is 198 Å². The topological polar surface area (TPSA) is 124 Å². The molecule has 0 saturated heterocycles. The highest BCUT2D eigenvalue weighted by molar-refractivity contribution is 9.10. The van der Waals surface area contributed by atoms with Gasteiger partial charge in [-0.3, -0.25) is 4.98 Å². The van der Waals surface area contributed by atoms with Crippen molar-refractivity contribution in [3.05, 3.63) is 58.7 Å². The van der Waals surface area contributed by atoms with Crippen LogP contribution in [0.2, 0.25) is 0 Å². The first-order chi connectivity index (χ1) is 16.2. The molecule has 6 rings (SSSR count). The Morgan fingerprint density at radius 3 is 2.79 bits per heavy atom. The van der Waals surface area contributed by atoms with E-state index in [9.17, 15) is 0 Å². The average molecular weight is 504 g/mol. The number of H-pyrrole nitrogens is 1. The van der Waals surface area contributed by atoms with Crippen LogP contribution in [0.4, 0.5) is 5.82 Å². The molecule has 9 nitrogen and oxygen atoms in total. The van der Waals surface area contributed by atoms with Crippen LogP contribution in [0.5, 0.6) is 0 Å². The number of aromatic nitrogens is 8. The SMILES string of the molecule is Nc1c(Br)c([C@H]2CC[C@H](Cc3nnn[nH]3)CC2)nc2c(-c3cnc4ccccc4c3)cnn12. The maximum atomic E-state index is 6.50. The minimum atomic E-state index is 0.341. The van der Waals surface area contributed by atoms with Crippen molar-refractivity contribution >= 4 is 38.3 Å². The van der Waals surface area contributed by atoms with Crippen molar-refractivity contribution < 1.29 is 0 Å². The fourth-order valence-corrected chi connectivity index (χ4v) is 5.46. The van der Waals surface area contributed by atoms with Crippen molar-refractivity contribution in [1.29, 1.82) is 0 Å². The summed E-state index contributed by atoms with van der Waals surface area (Å²) in [7, 11) is 0. The molecule has 10 heteroatoms. The normalized spacial score (nSPS) is 18.8. The van der Waals surface area contributed by atoms with Gasteiger partial charge in [0.25, 0.3) is 0 Å². The quantitative estimate of drug-likeness (QED) is 0.374. The van der Waals surface area contributed by atoms with E-state index in [2.05, 4.69) is 58.8 Å². The van der Waals surface area contributed by atoms with Crippen LogP contribution in [0.1, 0.15) is 43.1 Å². The van der Waals surface area contributed by atoms with E-state index in [1.165, 1.54) is 0 Å². The number of fused-ring (bicyclic) bond motifs is 2. The molecule has 1 fully saturated rings. The van der Waals surface area contributed by atoms with Crippen LogP contribution in [-0.4, -0.2) is 40.2 Å². The van der Waals surface area contributed by atoms with Gasteiger partial charge in [-0.15, -0.1) is 5.10 Å². The molecule has 33 heavy (non-hydrogen) atoms. The molecule has 0 bridgehead atoms. The van der Waals surface area contributed by atoms with E-state index in [1.54, 1.807) is 4.52 Å². The Kier molecular flexibility index (Phi) is 5.01. The number of benzene rings is 1. The Balaban J connectivity index is 1.33. The summed E-state index contributed by atoms with van der Waals surface area (Å²) in [5.41, 5.74) is 11.1. The number of nitrogen functional groups attached to an aromatic ring is 1. The molecule has 1 aromatic carbocycles. The minimum absolute atomic E-state index is 0.341. The number of nitrogens with zero attached hydrogens (tertiary/aromatic N) is 7. The maximum Gasteiger partial charge on any atom is 0.165 e. The van der Waals surface area contributed by atoms with E-state index in [0.29, 0.717) is 17.7 Å². The number of tetrazole rings is 1.